The van der Waals surface area contributed by atoms with Gasteiger partial charge in [-0.2, -0.15) is 0 Å². The van der Waals surface area contributed by atoms with Crippen LogP contribution in [0, 0.1) is 5.92 Å². The summed E-state index contributed by atoms with van der Waals surface area (Å²) in [5, 5.41) is 13.5. The summed E-state index contributed by atoms with van der Waals surface area (Å²) in [5.41, 5.74) is 0.913. The van der Waals surface area contributed by atoms with Crippen molar-refractivity contribution in [1.29, 1.82) is 0 Å². The van der Waals surface area contributed by atoms with Crippen molar-refractivity contribution in [1.82, 2.24) is 5.32 Å². The number of fused-ring (bicyclic) bond motifs is 1. The lowest BCUT2D eigenvalue weighted by molar-refractivity contribution is 0.0642. The Balaban J connectivity index is 1.53. The maximum absolute atomic E-state index is 12.1. The summed E-state index contributed by atoms with van der Waals surface area (Å²) in [6.45, 7) is 0.877. The molecule has 1 aromatic carbocycles. The van der Waals surface area contributed by atoms with Gasteiger partial charge in [-0.05, 0) is 56.2 Å². The molecule has 0 aromatic heterocycles. The standard InChI is InChI=1S/C18H27NO3S/c20-17-9-3-1-6-14(17)7-5-12-19-16-11-13-23(21,22)18-10-4-2-8-15(16)18/h2,4,8,10,14,16-17,19-20H,1,3,5-7,9,11-13H2/t14-,16+,17+/m1/s1. The smallest absolute Gasteiger partial charge is 0.178 e. The first kappa shape index (κ1) is 16.9. The van der Waals surface area contributed by atoms with Gasteiger partial charge in [-0.3, -0.25) is 0 Å². The molecule has 0 spiro atoms. The van der Waals surface area contributed by atoms with Crippen LogP contribution >= 0.6 is 0 Å². The summed E-state index contributed by atoms with van der Waals surface area (Å²) >= 11 is 0. The van der Waals surface area contributed by atoms with E-state index >= 15 is 0 Å². The molecule has 3 rings (SSSR count). The van der Waals surface area contributed by atoms with Crippen molar-refractivity contribution < 1.29 is 13.5 Å². The fourth-order valence-corrected chi connectivity index (χ4v) is 5.59. The van der Waals surface area contributed by atoms with E-state index < -0.39 is 9.84 Å². The Morgan fingerprint density at radius 3 is 2.74 bits per heavy atom. The molecule has 1 fully saturated rings. The van der Waals surface area contributed by atoms with Gasteiger partial charge >= 0.3 is 0 Å². The summed E-state index contributed by atoms with van der Waals surface area (Å²) in [6, 6.07) is 7.48. The van der Waals surface area contributed by atoms with Gasteiger partial charge in [-0.25, -0.2) is 8.42 Å². The van der Waals surface area contributed by atoms with Crippen molar-refractivity contribution >= 4 is 9.84 Å². The third-order valence-electron chi connectivity index (χ3n) is 5.32. The second-order valence-corrected chi connectivity index (χ2v) is 8.98. The Morgan fingerprint density at radius 2 is 1.91 bits per heavy atom. The molecular formula is C18H27NO3S. The average molecular weight is 337 g/mol. The predicted molar refractivity (Wildman–Crippen MR) is 91.1 cm³/mol. The number of nitrogens with one attached hydrogen (secondary N) is 1. The van der Waals surface area contributed by atoms with Gasteiger partial charge in [0.05, 0.1) is 16.8 Å². The quantitative estimate of drug-likeness (QED) is 0.811. The van der Waals surface area contributed by atoms with E-state index in [0.717, 1.165) is 44.2 Å². The highest BCUT2D eigenvalue weighted by atomic mass is 32.2. The first-order chi connectivity index (χ1) is 11.1. The first-order valence-electron chi connectivity index (χ1n) is 8.81. The molecule has 0 unspecified atom stereocenters. The zero-order valence-corrected chi connectivity index (χ0v) is 14.4. The van der Waals surface area contributed by atoms with Gasteiger partial charge in [0.2, 0.25) is 0 Å². The molecular weight excluding hydrogens is 310 g/mol. The lowest BCUT2D eigenvalue weighted by Gasteiger charge is -2.29. The number of benzene rings is 1. The zero-order valence-electron chi connectivity index (χ0n) is 13.6. The minimum atomic E-state index is -3.10. The molecule has 23 heavy (non-hydrogen) atoms. The van der Waals surface area contributed by atoms with Gasteiger partial charge in [0.25, 0.3) is 0 Å². The average Bonchev–Trinajstić information content (AvgIpc) is 2.55. The van der Waals surface area contributed by atoms with Crippen LogP contribution in [-0.2, 0) is 9.84 Å². The number of aliphatic hydroxyl groups is 1. The van der Waals surface area contributed by atoms with Crippen molar-refractivity contribution in [3.8, 4) is 0 Å². The maximum atomic E-state index is 12.1. The van der Waals surface area contributed by atoms with Crippen LogP contribution in [0.25, 0.3) is 0 Å². The van der Waals surface area contributed by atoms with Gasteiger partial charge < -0.3 is 10.4 Å². The van der Waals surface area contributed by atoms with Crippen LogP contribution < -0.4 is 5.32 Å². The van der Waals surface area contributed by atoms with Crippen molar-refractivity contribution in [2.24, 2.45) is 5.92 Å². The van der Waals surface area contributed by atoms with Gasteiger partial charge in [0.15, 0.2) is 9.84 Å². The Bertz CT molecular complexity index is 629. The first-order valence-corrected chi connectivity index (χ1v) is 10.5. The highest BCUT2D eigenvalue weighted by molar-refractivity contribution is 7.91. The Kier molecular flexibility index (Phi) is 5.39. The summed E-state index contributed by atoms with van der Waals surface area (Å²) < 4.78 is 24.3. The SMILES string of the molecule is O=S1(=O)CC[C@H](NCCC[C@H]2CCCC[C@@H]2O)c2ccccc21. The molecule has 0 saturated heterocycles. The minimum absolute atomic E-state index is 0.121. The molecule has 3 atom stereocenters. The van der Waals surface area contributed by atoms with Crippen LogP contribution in [0.1, 0.15) is 56.6 Å². The van der Waals surface area contributed by atoms with Crippen LogP contribution in [-0.4, -0.2) is 31.9 Å². The molecule has 4 nitrogen and oxygen atoms in total. The maximum Gasteiger partial charge on any atom is 0.178 e. The highest BCUT2D eigenvalue weighted by Crippen LogP contribution is 2.32. The second-order valence-electron chi connectivity index (χ2n) is 6.91. The molecule has 1 heterocycles. The molecule has 1 aliphatic heterocycles. The van der Waals surface area contributed by atoms with E-state index in [1.165, 1.54) is 6.42 Å². The normalized spacial score (nSPS) is 29.9. The largest absolute Gasteiger partial charge is 0.393 e. The fraction of sp³-hybridized carbons (Fsp3) is 0.667. The fourth-order valence-electron chi connectivity index (χ4n) is 3.97. The minimum Gasteiger partial charge on any atom is -0.393 e. The highest BCUT2D eigenvalue weighted by Gasteiger charge is 2.29. The number of hydrogen-bond donors (Lipinski definition) is 2. The molecule has 0 radical (unpaired) electrons. The Hall–Kier alpha value is -0.910. The van der Waals surface area contributed by atoms with Crippen LogP contribution in [0.2, 0.25) is 0 Å². The third-order valence-corrected chi connectivity index (χ3v) is 7.13. The molecule has 1 saturated carbocycles. The van der Waals surface area contributed by atoms with E-state index in [2.05, 4.69) is 5.32 Å². The zero-order chi connectivity index (χ0) is 16.3. The predicted octanol–water partition coefficient (Wildman–Crippen LogP) is 2.83. The lowest BCUT2D eigenvalue weighted by Crippen LogP contribution is -2.31. The van der Waals surface area contributed by atoms with Gasteiger partial charge in [0, 0.05) is 6.04 Å². The molecule has 2 aliphatic rings. The second kappa shape index (κ2) is 7.32. The summed E-state index contributed by atoms with van der Waals surface area (Å²) in [7, 11) is -3.10. The van der Waals surface area contributed by atoms with Crippen molar-refractivity contribution in [2.75, 3.05) is 12.3 Å². The van der Waals surface area contributed by atoms with E-state index in [9.17, 15) is 13.5 Å². The van der Waals surface area contributed by atoms with Gasteiger partial charge in [-0.1, -0.05) is 31.0 Å². The van der Waals surface area contributed by atoms with E-state index in [-0.39, 0.29) is 17.9 Å². The van der Waals surface area contributed by atoms with Crippen LogP contribution in [0.3, 0.4) is 0 Å². The summed E-state index contributed by atoms with van der Waals surface area (Å²) in [6.07, 6.45) is 7.10. The molecule has 5 heteroatoms. The van der Waals surface area contributed by atoms with E-state index in [0.29, 0.717) is 17.2 Å². The van der Waals surface area contributed by atoms with E-state index in [1.807, 2.05) is 12.1 Å². The molecule has 128 valence electrons. The third kappa shape index (κ3) is 3.95. The van der Waals surface area contributed by atoms with Gasteiger partial charge in [0.1, 0.15) is 0 Å². The van der Waals surface area contributed by atoms with Crippen LogP contribution in [0.15, 0.2) is 29.2 Å². The molecule has 2 N–H and O–H groups in total. The van der Waals surface area contributed by atoms with Crippen LogP contribution in [0.5, 0.6) is 0 Å². The Morgan fingerprint density at radius 1 is 1.13 bits per heavy atom. The number of rotatable bonds is 5. The molecule has 0 amide bonds. The topological polar surface area (TPSA) is 66.4 Å². The van der Waals surface area contributed by atoms with E-state index in [1.54, 1.807) is 12.1 Å². The number of aliphatic hydroxyl groups excluding tert-OH is 1. The molecule has 0 bridgehead atoms. The number of hydrogen-bond acceptors (Lipinski definition) is 4. The van der Waals surface area contributed by atoms with Crippen molar-refractivity contribution in [3.63, 3.8) is 0 Å². The summed E-state index contributed by atoms with van der Waals surface area (Å²) in [4.78, 5) is 0.492. The van der Waals surface area contributed by atoms with Crippen molar-refractivity contribution in [2.45, 2.75) is 62.0 Å². The molecule has 1 aliphatic carbocycles. The van der Waals surface area contributed by atoms with Crippen molar-refractivity contribution in [3.05, 3.63) is 29.8 Å². The van der Waals surface area contributed by atoms with E-state index in [4.69, 9.17) is 0 Å². The monoisotopic (exact) mass is 337 g/mol. The molecule has 1 aromatic rings. The lowest BCUT2D eigenvalue weighted by atomic mass is 9.83. The van der Waals surface area contributed by atoms with Crippen LogP contribution in [0.4, 0.5) is 0 Å². The Labute approximate surface area is 139 Å². The number of sulfone groups is 1. The summed E-state index contributed by atoms with van der Waals surface area (Å²) in [5.74, 6) is 0.674. The van der Waals surface area contributed by atoms with Gasteiger partial charge in [-0.15, -0.1) is 0 Å².